The van der Waals surface area contributed by atoms with Gasteiger partial charge in [0.2, 0.25) is 0 Å². The maximum atomic E-state index is 11.6. The second-order valence-electron chi connectivity index (χ2n) is 4.67. The highest BCUT2D eigenvalue weighted by Crippen LogP contribution is 2.15. The predicted molar refractivity (Wildman–Crippen MR) is 66.6 cm³/mol. The molecule has 0 aliphatic heterocycles. The molecule has 0 spiro atoms. The molecule has 2 N–H and O–H groups in total. The molecule has 0 aliphatic rings. The van der Waals surface area contributed by atoms with Crippen LogP contribution in [0.1, 0.15) is 33.3 Å². The van der Waals surface area contributed by atoms with E-state index >= 15 is 0 Å². The van der Waals surface area contributed by atoms with Gasteiger partial charge in [0.1, 0.15) is 5.60 Å². The average Bonchev–Trinajstić information content (AvgIpc) is 2.14. The zero-order valence-electron chi connectivity index (χ0n) is 10.5. The minimum absolute atomic E-state index is 0.360. The first kappa shape index (κ1) is 13.2. The maximum absolute atomic E-state index is 11.6. The van der Waals surface area contributed by atoms with E-state index < -0.39 is 11.7 Å². The molecular formula is C12H17N3O2. The number of anilines is 1. The quantitative estimate of drug-likeness (QED) is 0.774. The summed E-state index contributed by atoms with van der Waals surface area (Å²) in [6, 6.07) is 1.68. The summed E-state index contributed by atoms with van der Waals surface area (Å²) in [6.45, 7) is 7.02. The number of hydrogen-bond donors (Lipinski definition) is 2. The molecule has 17 heavy (non-hydrogen) atoms. The Labute approximate surface area is 101 Å². The predicted octanol–water partition coefficient (Wildman–Crippen LogP) is 2.82. The minimum atomic E-state index is -0.549. The van der Waals surface area contributed by atoms with Crippen LogP contribution < -0.4 is 5.32 Å². The van der Waals surface area contributed by atoms with Gasteiger partial charge in [0.25, 0.3) is 0 Å². The van der Waals surface area contributed by atoms with E-state index in [9.17, 15) is 4.79 Å². The number of amides is 1. The number of hydrogen-bond acceptors (Lipinski definition) is 4. The molecule has 0 unspecified atom stereocenters. The zero-order valence-corrected chi connectivity index (χ0v) is 10.5. The van der Waals surface area contributed by atoms with Crippen molar-refractivity contribution in [2.24, 2.45) is 0 Å². The first-order valence-electron chi connectivity index (χ1n) is 5.29. The van der Waals surface area contributed by atoms with Gasteiger partial charge < -0.3 is 10.1 Å². The Bertz CT molecular complexity index is 436. The normalized spacial score (nSPS) is 10.8. The van der Waals surface area contributed by atoms with Crippen LogP contribution in [0.4, 0.5) is 10.5 Å². The number of carbonyl (C=O) groups excluding carboxylic acids is 1. The maximum Gasteiger partial charge on any atom is 0.412 e. The summed E-state index contributed by atoms with van der Waals surface area (Å²) in [5.74, 6) is 0. The van der Waals surface area contributed by atoms with Crippen molar-refractivity contribution in [2.75, 3.05) is 5.32 Å². The van der Waals surface area contributed by atoms with E-state index in [1.807, 2.05) is 0 Å². The van der Waals surface area contributed by atoms with E-state index in [4.69, 9.17) is 10.1 Å². The van der Waals surface area contributed by atoms with Crippen molar-refractivity contribution in [1.29, 1.82) is 5.41 Å². The van der Waals surface area contributed by atoms with Gasteiger partial charge in [-0.15, -0.1) is 0 Å². The van der Waals surface area contributed by atoms with Crippen LogP contribution in [-0.2, 0) is 4.74 Å². The van der Waals surface area contributed by atoms with Crippen LogP contribution in [0.25, 0.3) is 0 Å². The highest BCUT2D eigenvalue weighted by molar-refractivity contribution is 6.03. The number of pyridine rings is 1. The molecule has 0 atom stereocenters. The summed E-state index contributed by atoms with van der Waals surface area (Å²) in [7, 11) is 0. The fourth-order valence-electron chi connectivity index (χ4n) is 1.23. The van der Waals surface area contributed by atoms with Crippen molar-refractivity contribution in [3.8, 4) is 0 Å². The summed E-state index contributed by atoms with van der Waals surface area (Å²) >= 11 is 0. The molecule has 92 valence electrons. The number of aromatic nitrogens is 1. The minimum Gasteiger partial charge on any atom is -0.444 e. The van der Waals surface area contributed by atoms with Crippen LogP contribution >= 0.6 is 0 Å². The number of nitrogens with zero attached hydrogens (tertiary/aromatic N) is 1. The van der Waals surface area contributed by atoms with Gasteiger partial charge in [-0.1, -0.05) is 0 Å². The van der Waals surface area contributed by atoms with Gasteiger partial charge in [-0.3, -0.25) is 10.3 Å². The molecule has 5 heteroatoms. The second-order valence-corrected chi connectivity index (χ2v) is 4.67. The van der Waals surface area contributed by atoms with Crippen molar-refractivity contribution in [2.45, 2.75) is 33.3 Å². The van der Waals surface area contributed by atoms with Gasteiger partial charge in [-0.25, -0.2) is 4.79 Å². The van der Waals surface area contributed by atoms with E-state index in [1.54, 1.807) is 40.0 Å². The van der Waals surface area contributed by atoms with Crippen LogP contribution in [-0.4, -0.2) is 22.4 Å². The number of ether oxygens (including phenoxy) is 1. The van der Waals surface area contributed by atoms with E-state index in [0.717, 1.165) is 0 Å². The summed E-state index contributed by atoms with van der Waals surface area (Å²) in [6.07, 6.45) is 2.53. The van der Waals surface area contributed by atoms with Crippen LogP contribution in [0.2, 0.25) is 0 Å². The molecule has 0 bridgehead atoms. The molecule has 5 nitrogen and oxygen atoms in total. The van der Waals surface area contributed by atoms with Crippen molar-refractivity contribution >= 4 is 17.5 Å². The fraction of sp³-hybridized carbons (Fsp3) is 0.417. The number of carbonyl (C=O) groups is 1. The van der Waals surface area contributed by atoms with Gasteiger partial charge >= 0.3 is 6.09 Å². The lowest BCUT2D eigenvalue weighted by Crippen LogP contribution is -2.27. The molecular weight excluding hydrogens is 218 g/mol. The lowest BCUT2D eigenvalue weighted by Gasteiger charge is -2.20. The molecule has 1 amide bonds. The first-order chi connectivity index (χ1) is 7.79. The van der Waals surface area contributed by atoms with Gasteiger partial charge in [-0.2, -0.15) is 0 Å². The van der Waals surface area contributed by atoms with Gasteiger partial charge in [0.15, 0.2) is 0 Å². The molecule has 0 saturated carbocycles. The standard InChI is InChI=1S/C12H17N3O2/c1-8(13)9-5-6-14-7-10(9)15-11(16)17-12(2,3)4/h5-7,13H,1-4H3,(H,15,16). The van der Waals surface area contributed by atoms with E-state index in [-0.39, 0.29) is 0 Å². The van der Waals surface area contributed by atoms with Gasteiger partial charge in [0, 0.05) is 17.5 Å². The zero-order chi connectivity index (χ0) is 13.1. The first-order valence-corrected chi connectivity index (χ1v) is 5.29. The van der Waals surface area contributed by atoms with Crippen molar-refractivity contribution in [1.82, 2.24) is 4.98 Å². The largest absolute Gasteiger partial charge is 0.444 e. The van der Waals surface area contributed by atoms with Crippen LogP contribution in [0.15, 0.2) is 18.5 Å². The van der Waals surface area contributed by atoms with Crippen molar-refractivity contribution in [3.05, 3.63) is 24.0 Å². The lowest BCUT2D eigenvalue weighted by atomic mass is 10.1. The topological polar surface area (TPSA) is 75.1 Å². The Morgan fingerprint density at radius 3 is 2.65 bits per heavy atom. The third kappa shape index (κ3) is 4.22. The summed E-state index contributed by atoms with van der Waals surface area (Å²) < 4.78 is 5.13. The van der Waals surface area contributed by atoms with Crippen molar-refractivity contribution < 1.29 is 9.53 Å². The summed E-state index contributed by atoms with van der Waals surface area (Å²) in [5.41, 5.74) is 0.921. The average molecular weight is 235 g/mol. The highest BCUT2D eigenvalue weighted by Gasteiger charge is 2.17. The van der Waals surface area contributed by atoms with Crippen LogP contribution in [0, 0.1) is 5.41 Å². The van der Waals surface area contributed by atoms with E-state index in [2.05, 4.69) is 10.3 Å². The van der Waals surface area contributed by atoms with Crippen molar-refractivity contribution in [3.63, 3.8) is 0 Å². The highest BCUT2D eigenvalue weighted by atomic mass is 16.6. The summed E-state index contributed by atoms with van der Waals surface area (Å²) in [5, 5.41) is 10.2. The molecule has 0 fully saturated rings. The fourth-order valence-corrected chi connectivity index (χ4v) is 1.23. The molecule has 1 aromatic rings. The second kappa shape index (κ2) is 4.95. The smallest absolute Gasteiger partial charge is 0.412 e. The van der Waals surface area contributed by atoms with Gasteiger partial charge in [-0.05, 0) is 33.8 Å². The molecule has 0 saturated heterocycles. The Kier molecular flexibility index (Phi) is 3.83. The Morgan fingerprint density at radius 2 is 2.12 bits per heavy atom. The third-order valence-corrected chi connectivity index (χ3v) is 1.86. The van der Waals surface area contributed by atoms with E-state index in [1.165, 1.54) is 6.20 Å². The number of nitrogens with one attached hydrogen (secondary N) is 2. The molecule has 0 radical (unpaired) electrons. The third-order valence-electron chi connectivity index (χ3n) is 1.86. The van der Waals surface area contributed by atoms with Crippen LogP contribution in [0.5, 0.6) is 0 Å². The molecule has 1 rings (SSSR count). The van der Waals surface area contributed by atoms with E-state index in [0.29, 0.717) is 17.0 Å². The number of rotatable bonds is 2. The lowest BCUT2D eigenvalue weighted by molar-refractivity contribution is 0.0636. The Morgan fingerprint density at radius 1 is 1.47 bits per heavy atom. The Hall–Kier alpha value is -1.91. The monoisotopic (exact) mass is 235 g/mol. The SMILES string of the molecule is CC(=N)c1ccncc1NC(=O)OC(C)(C)C. The molecule has 1 aromatic heterocycles. The molecule has 1 heterocycles. The van der Waals surface area contributed by atoms with Gasteiger partial charge in [0.05, 0.1) is 11.9 Å². The molecule has 0 aromatic carbocycles. The summed E-state index contributed by atoms with van der Waals surface area (Å²) in [4.78, 5) is 15.5. The molecule has 0 aliphatic carbocycles. The van der Waals surface area contributed by atoms with Crippen LogP contribution in [0.3, 0.4) is 0 Å². The Balaban J connectivity index is 2.82.